The first-order chi connectivity index (χ1) is 14.2. The molecule has 2 atom stereocenters. The third-order valence-corrected chi connectivity index (χ3v) is 5.52. The van der Waals surface area contributed by atoms with Crippen molar-refractivity contribution in [2.45, 2.75) is 31.0 Å². The maximum absolute atomic E-state index is 12.9. The standard InChI is InChI=1S/C22H23F3N2O3/c1-26(30-2)21(29)20-12-7-17(16-5-8-18(9-6-16)22(23,24)25)13-27(20)19-10-3-15(14-28)4-11-19/h3-6,8-11,14,17,20H,7,12-13H2,1-2H3/t17?,20-/m0/s1. The van der Waals surface area contributed by atoms with E-state index in [2.05, 4.69) is 0 Å². The minimum absolute atomic E-state index is 0.0325. The Hall–Kier alpha value is -2.87. The van der Waals surface area contributed by atoms with Gasteiger partial charge < -0.3 is 4.90 Å². The summed E-state index contributed by atoms with van der Waals surface area (Å²) in [6, 6.07) is 11.6. The number of likely N-dealkylation sites (N-methyl/N-ethyl adjacent to an activating group) is 1. The van der Waals surface area contributed by atoms with E-state index in [1.807, 2.05) is 4.90 Å². The molecule has 0 radical (unpaired) electrons. The number of alkyl halides is 3. The number of hydrogen-bond donors (Lipinski definition) is 0. The van der Waals surface area contributed by atoms with Crippen LogP contribution in [-0.2, 0) is 15.8 Å². The van der Waals surface area contributed by atoms with Gasteiger partial charge in [-0.05, 0) is 54.8 Å². The fourth-order valence-electron chi connectivity index (χ4n) is 3.77. The molecule has 0 aliphatic carbocycles. The molecular weight excluding hydrogens is 397 g/mol. The number of nitrogens with zero attached hydrogens (tertiary/aromatic N) is 2. The van der Waals surface area contributed by atoms with Gasteiger partial charge in [-0.3, -0.25) is 14.4 Å². The van der Waals surface area contributed by atoms with E-state index in [4.69, 9.17) is 4.84 Å². The summed E-state index contributed by atoms with van der Waals surface area (Å²) in [6.45, 7) is 0.458. The van der Waals surface area contributed by atoms with E-state index in [1.165, 1.54) is 31.4 Å². The number of carbonyl (C=O) groups is 2. The minimum atomic E-state index is -4.38. The van der Waals surface area contributed by atoms with Crippen molar-refractivity contribution in [1.82, 2.24) is 5.06 Å². The Balaban J connectivity index is 1.88. The average Bonchev–Trinajstić information content (AvgIpc) is 2.77. The van der Waals surface area contributed by atoms with E-state index in [1.54, 1.807) is 24.3 Å². The van der Waals surface area contributed by atoms with Gasteiger partial charge in [0, 0.05) is 30.8 Å². The third-order valence-electron chi connectivity index (χ3n) is 5.52. The van der Waals surface area contributed by atoms with E-state index < -0.39 is 17.8 Å². The molecule has 1 heterocycles. The minimum Gasteiger partial charge on any atom is -0.359 e. The number of hydrogen-bond acceptors (Lipinski definition) is 4. The van der Waals surface area contributed by atoms with Gasteiger partial charge in [-0.1, -0.05) is 12.1 Å². The lowest BCUT2D eigenvalue weighted by Crippen LogP contribution is -2.51. The monoisotopic (exact) mass is 420 g/mol. The molecule has 1 aliphatic heterocycles. The number of rotatable bonds is 5. The molecular formula is C22H23F3N2O3. The van der Waals surface area contributed by atoms with Gasteiger partial charge in [0.2, 0.25) is 0 Å². The van der Waals surface area contributed by atoms with E-state index in [9.17, 15) is 22.8 Å². The quantitative estimate of drug-likeness (QED) is 0.535. The molecule has 3 rings (SSSR count). The number of hydroxylamine groups is 2. The summed E-state index contributed by atoms with van der Waals surface area (Å²) in [7, 11) is 2.95. The van der Waals surface area contributed by atoms with Gasteiger partial charge in [0.05, 0.1) is 12.7 Å². The van der Waals surface area contributed by atoms with Crippen molar-refractivity contribution in [3.05, 3.63) is 65.2 Å². The first-order valence-corrected chi connectivity index (χ1v) is 9.55. The summed E-state index contributed by atoms with van der Waals surface area (Å²) < 4.78 is 38.6. The molecule has 160 valence electrons. The van der Waals surface area contributed by atoms with Gasteiger partial charge >= 0.3 is 6.18 Å². The summed E-state index contributed by atoms with van der Waals surface area (Å²) in [5.41, 5.74) is 1.40. The zero-order valence-corrected chi connectivity index (χ0v) is 16.7. The Morgan fingerprint density at radius 2 is 1.73 bits per heavy atom. The van der Waals surface area contributed by atoms with E-state index in [0.29, 0.717) is 24.9 Å². The molecule has 1 aliphatic rings. The first kappa shape index (κ1) is 21.8. The lowest BCUT2D eigenvalue weighted by atomic mass is 9.86. The predicted octanol–water partition coefficient (Wildman–Crippen LogP) is 4.29. The van der Waals surface area contributed by atoms with Crippen molar-refractivity contribution in [2.75, 3.05) is 25.6 Å². The Kier molecular flexibility index (Phi) is 6.45. The highest BCUT2D eigenvalue weighted by atomic mass is 19.4. The Morgan fingerprint density at radius 1 is 1.10 bits per heavy atom. The highest BCUT2D eigenvalue weighted by molar-refractivity contribution is 5.85. The van der Waals surface area contributed by atoms with Crippen LogP contribution in [0.3, 0.4) is 0 Å². The lowest BCUT2D eigenvalue weighted by Gasteiger charge is -2.41. The van der Waals surface area contributed by atoms with Crippen molar-refractivity contribution in [2.24, 2.45) is 0 Å². The fourth-order valence-corrected chi connectivity index (χ4v) is 3.77. The van der Waals surface area contributed by atoms with Crippen LogP contribution in [0.15, 0.2) is 48.5 Å². The van der Waals surface area contributed by atoms with E-state index in [-0.39, 0.29) is 11.8 Å². The molecule has 2 aromatic rings. The number of piperidine rings is 1. The third kappa shape index (κ3) is 4.64. The van der Waals surface area contributed by atoms with Crippen LogP contribution >= 0.6 is 0 Å². The number of anilines is 1. The Morgan fingerprint density at radius 3 is 2.27 bits per heavy atom. The van der Waals surface area contributed by atoms with Gasteiger partial charge in [-0.2, -0.15) is 13.2 Å². The molecule has 2 aromatic carbocycles. The summed E-state index contributed by atoms with van der Waals surface area (Å²) in [5.74, 6) is -0.238. The van der Waals surface area contributed by atoms with Gasteiger partial charge in [-0.15, -0.1) is 0 Å². The second-order valence-electron chi connectivity index (χ2n) is 7.29. The second-order valence-corrected chi connectivity index (χ2v) is 7.29. The van der Waals surface area contributed by atoms with Gasteiger partial charge in [0.25, 0.3) is 5.91 Å². The molecule has 0 aromatic heterocycles. The molecule has 1 saturated heterocycles. The van der Waals surface area contributed by atoms with E-state index in [0.717, 1.165) is 29.7 Å². The van der Waals surface area contributed by atoms with Crippen LogP contribution < -0.4 is 4.90 Å². The lowest BCUT2D eigenvalue weighted by molar-refractivity contribution is -0.170. The molecule has 1 amide bonds. The number of carbonyl (C=O) groups excluding carboxylic acids is 2. The summed E-state index contributed by atoms with van der Waals surface area (Å²) >= 11 is 0. The summed E-state index contributed by atoms with van der Waals surface area (Å²) in [5, 5.41) is 1.18. The van der Waals surface area contributed by atoms with Crippen molar-refractivity contribution in [1.29, 1.82) is 0 Å². The maximum Gasteiger partial charge on any atom is 0.416 e. The zero-order valence-electron chi connectivity index (χ0n) is 16.7. The fraction of sp³-hybridized carbons (Fsp3) is 0.364. The Bertz CT molecular complexity index is 882. The van der Waals surface area contributed by atoms with Crippen molar-refractivity contribution in [3.8, 4) is 0 Å². The van der Waals surface area contributed by atoms with Gasteiger partial charge in [-0.25, -0.2) is 5.06 Å². The van der Waals surface area contributed by atoms with Crippen LogP contribution in [0.25, 0.3) is 0 Å². The van der Waals surface area contributed by atoms with Crippen LogP contribution in [-0.4, -0.2) is 44.0 Å². The van der Waals surface area contributed by atoms with Gasteiger partial charge in [0.15, 0.2) is 0 Å². The molecule has 30 heavy (non-hydrogen) atoms. The number of aldehydes is 1. The van der Waals surface area contributed by atoms with Crippen molar-refractivity contribution in [3.63, 3.8) is 0 Å². The molecule has 0 N–H and O–H groups in total. The molecule has 5 nitrogen and oxygen atoms in total. The number of benzene rings is 2. The normalized spacial score (nSPS) is 19.4. The van der Waals surface area contributed by atoms with Crippen LogP contribution in [0.4, 0.5) is 18.9 Å². The van der Waals surface area contributed by atoms with Crippen molar-refractivity contribution < 1.29 is 27.6 Å². The van der Waals surface area contributed by atoms with E-state index >= 15 is 0 Å². The van der Waals surface area contributed by atoms with Crippen LogP contribution in [0, 0.1) is 0 Å². The Labute approximate surface area is 173 Å². The molecule has 1 unspecified atom stereocenters. The predicted molar refractivity (Wildman–Crippen MR) is 106 cm³/mol. The summed E-state index contributed by atoms with van der Waals surface area (Å²) in [6.07, 6.45) is -2.46. The maximum atomic E-state index is 12.9. The molecule has 8 heteroatoms. The molecule has 0 saturated carbocycles. The van der Waals surface area contributed by atoms with Crippen LogP contribution in [0.5, 0.6) is 0 Å². The van der Waals surface area contributed by atoms with Crippen LogP contribution in [0.2, 0.25) is 0 Å². The second kappa shape index (κ2) is 8.87. The summed E-state index contributed by atoms with van der Waals surface area (Å²) in [4.78, 5) is 30.7. The van der Waals surface area contributed by atoms with Crippen LogP contribution in [0.1, 0.15) is 40.2 Å². The van der Waals surface area contributed by atoms with Crippen molar-refractivity contribution >= 4 is 17.9 Å². The van der Waals surface area contributed by atoms with Gasteiger partial charge in [0.1, 0.15) is 12.3 Å². The largest absolute Gasteiger partial charge is 0.416 e. The molecule has 0 spiro atoms. The highest BCUT2D eigenvalue weighted by Gasteiger charge is 2.36. The number of amides is 1. The zero-order chi connectivity index (χ0) is 21.9. The SMILES string of the molecule is CON(C)C(=O)[C@@H]1CCC(c2ccc(C(F)(F)F)cc2)CN1c1ccc(C=O)cc1. The smallest absolute Gasteiger partial charge is 0.359 e. The topological polar surface area (TPSA) is 49.9 Å². The first-order valence-electron chi connectivity index (χ1n) is 9.55. The average molecular weight is 420 g/mol. The highest BCUT2D eigenvalue weighted by Crippen LogP contribution is 2.36. The number of halogens is 3. The molecule has 1 fully saturated rings. The molecule has 0 bridgehead atoms.